The minimum atomic E-state index is -0.528. The summed E-state index contributed by atoms with van der Waals surface area (Å²) in [6, 6.07) is 16.0. The zero-order valence-electron chi connectivity index (χ0n) is 25.0. The van der Waals surface area contributed by atoms with Gasteiger partial charge in [-0.15, -0.1) is 0 Å². The molecule has 0 bridgehead atoms. The van der Waals surface area contributed by atoms with Crippen molar-refractivity contribution in [3.05, 3.63) is 87.2 Å². The second-order valence-corrected chi connectivity index (χ2v) is 11.1. The lowest BCUT2D eigenvalue weighted by Crippen LogP contribution is -2.39. The molecule has 0 unspecified atom stereocenters. The highest BCUT2D eigenvalue weighted by atomic mass is 35.5. The highest BCUT2D eigenvalue weighted by Crippen LogP contribution is 2.35. The molecule has 9 nitrogen and oxygen atoms in total. The van der Waals surface area contributed by atoms with Gasteiger partial charge in [0.1, 0.15) is 36.3 Å². The quantitative estimate of drug-likeness (QED) is 0.174. The summed E-state index contributed by atoms with van der Waals surface area (Å²) in [5.41, 5.74) is 3.79. The Bertz CT molecular complexity index is 1470. The molecule has 45 heavy (non-hydrogen) atoms. The van der Waals surface area contributed by atoms with Crippen LogP contribution in [0.15, 0.2) is 60.2 Å². The molecule has 1 amide bonds. The van der Waals surface area contributed by atoms with Crippen molar-refractivity contribution in [1.29, 1.82) is 0 Å². The van der Waals surface area contributed by atoms with Gasteiger partial charge in [-0.2, -0.15) is 0 Å². The van der Waals surface area contributed by atoms with Gasteiger partial charge in [0.2, 0.25) is 0 Å². The van der Waals surface area contributed by atoms with Gasteiger partial charge < -0.3 is 34.3 Å². The fraction of sp³-hybridized carbons (Fsp3) is 0.333. The molecule has 0 saturated heterocycles. The SMILES string of the molecule is COc1cc(CN(C(=O)C2=C(c3ccc(OCCOc4c(Cl)cc(F)cc4Cl)cc3)CCNC2)C2CC2)cc(OC)c1.O=CO. The van der Waals surface area contributed by atoms with E-state index in [0.29, 0.717) is 30.3 Å². The summed E-state index contributed by atoms with van der Waals surface area (Å²) in [5, 5.41) is 10.5. The number of hydrogen-bond acceptors (Lipinski definition) is 7. The highest BCUT2D eigenvalue weighted by Gasteiger charge is 2.35. The molecule has 0 aromatic heterocycles. The number of nitrogens with zero attached hydrogens (tertiary/aromatic N) is 1. The Labute approximate surface area is 271 Å². The Morgan fingerprint density at radius 3 is 2.16 bits per heavy atom. The van der Waals surface area contributed by atoms with Crippen LogP contribution in [-0.2, 0) is 16.1 Å². The van der Waals surface area contributed by atoms with Crippen LogP contribution < -0.4 is 24.3 Å². The van der Waals surface area contributed by atoms with Crippen LogP contribution in [0.5, 0.6) is 23.0 Å². The van der Waals surface area contributed by atoms with E-state index in [4.69, 9.17) is 52.1 Å². The van der Waals surface area contributed by atoms with Crippen LogP contribution in [0.25, 0.3) is 5.57 Å². The van der Waals surface area contributed by atoms with Crippen molar-refractivity contribution in [3.8, 4) is 23.0 Å². The molecule has 5 rings (SSSR count). The molecule has 3 aromatic rings. The number of carbonyl (C=O) groups is 2. The average molecular weight is 662 g/mol. The van der Waals surface area contributed by atoms with Gasteiger partial charge in [-0.05, 0) is 78.9 Å². The highest BCUT2D eigenvalue weighted by molar-refractivity contribution is 6.37. The van der Waals surface area contributed by atoms with E-state index in [1.165, 1.54) is 0 Å². The molecule has 2 aliphatic rings. The first-order valence-electron chi connectivity index (χ1n) is 14.3. The Hall–Kier alpha value is -3.99. The fourth-order valence-corrected chi connectivity index (χ4v) is 5.58. The molecule has 12 heteroatoms. The number of rotatable bonds is 12. The number of hydrogen-bond donors (Lipinski definition) is 2. The third-order valence-electron chi connectivity index (χ3n) is 7.25. The Morgan fingerprint density at radius 1 is 0.978 bits per heavy atom. The number of nitrogens with one attached hydrogen (secondary N) is 1. The summed E-state index contributed by atoms with van der Waals surface area (Å²) in [6.45, 7) is 1.97. The first kappa shape index (κ1) is 33.9. The van der Waals surface area contributed by atoms with E-state index in [1.54, 1.807) is 14.2 Å². The van der Waals surface area contributed by atoms with Gasteiger partial charge in [-0.3, -0.25) is 9.59 Å². The van der Waals surface area contributed by atoms with Gasteiger partial charge >= 0.3 is 0 Å². The number of carboxylic acid groups (broad SMARTS) is 1. The minimum absolute atomic E-state index is 0.0528. The molecule has 0 spiro atoms. The zero-order chi connectivity index (χ0) is 32.3. The smallest absolute Gasteiger partial charge is 0.290 e. The number of ether oxygens (including phenoxy) is 4. The molecular weight excluding hydrogens is 626 g/mol. The summed E-state index contributed by atoms with van der Waals surface area (Å²) in [5.74, 6) is 1.80. The number of halogens is 3. The van der Waals surface area contributed by atoms with Gasteiger partial charge in [-0.25, -0.2) is 4.39 Å². The maximum atomic E-state index is 14.0. The molecule has 2 N–H and O–H groups in total. The van der Waals surface area contributed by atoms with Crippen LogP contribution in [0, 0.1) is 5.82 Å². The predicted octanol–water partition coefficient (Wildman–Crippen LogP) is 6.25. The van der Waals surface area contributed by atoms with Crippen molar-refractivity contribution >= 4 is 41.2 Å². The summed E-state index contributed by atoms with van der Waals surface area (Å²) in [6.07, 6.45) is 2.75. The topological polar surface area (TPSA) is 107 Å². The molecule has 0 radical (unpaired) electrons. The number of methoxy groups -OCH3 is 2. The van der Waals surface area contributed by atoms with E-state index < -0.39 is 5.82 Å². The third-order valence-corrected chi connectivity index (χ3v) is 7.81. The van der Waals surface area contributed by atoms with E-state index in [9.17, 15) is 9.18 Å². The van der Waals surface area contributed by atoms with Crippen LogP contribution in [0.4, 0.5) is 4.39 Å². The van der Waals surface area contributed by atoms with Crippen molar-refractivity contribution in [1.82, 2.24) is 10.2 Å². The third kappa shape index (κ3) is 9.26. The normalized spacial score (nSPS) is 14.2. The summed E-state index contributed by atoms with van der Waals surface area (Å²) in [4.78, 5) is 24.3. The fourth-order valence-electron chi connectivity index (χ4n) is 5.01. The number of carbonyl (C=O) groups excluding carboxylic acids is 1. The van der Waals surface area contributed by atoms with Crippen molar-refractivity contribution in [2.75, 3.05) is 40.5 Å². The molecule has 3 aromatic carbocycles. The van der Waals surface area contributed by atoms with E-state index in [0.717, 1.165) is 60.2 Å². The number of benzene rings is 3. The van der Waals surface area contributed by atoms with Crippen molar-refractivity contribution in [3.63, 3.8) is 0 Å². The molecule has 240 valence electrons. The largest absolute Gasteiger partial charge is 0.497 e. The maximum absolute atomic E-state index is 14.0. The molecule has 1 fully saturated rings. The van der Waals surface area contributed by atoms with Gasteiger partial charge in [0.15, 0.2) is 5.75 Å². The van der Waals surface area contributed by atoms with Crippen LogP contribution in [0.3, 0.4) is 0 Å². The van der Waals surface area contributed by atoms with Crippen LogP contribution in [0.1, 0.15) is 30.4 Å². The maximum Gasteiger partial charge on any atom is 0.290 e. The zero-order valence-corrected chi connectivity index (χ0v) is 26.5. The minimum Gasteiger partial charge on any atom is -0.497 e. The summed E-state index contributed by atoms with van der Waals surface area (Å²) >= 11 is 12.0. The standard InChI is InChI=1S/C32H33Cl2FN2O5.CH2O2/c1-39-25-13-20(14-26(17-25)40-2)19-37(23-5-6-23)32(38)28-18-36-10-9-27(28)21-3-7-24(8-4-21)41-11-12-42-31-29(33)15-22(35)16-30(31)34;2-1-3/h3-4,7-8,13-17,23,36H,5-6,9-12,18-19H2,1-2H3;1H,(H,2,3). The first-order chi connectivity index (χ1) is 21.8. The van der Waals surface area contributed by atoms with Crippen molar-refractivity contribution < 1.29 is 38.0 Å². The lowest BCUT2D eigenvalue weighted by atomic mass is 9.93. The second kappa shape index (κ2) is 16.4. The van der Waals surface area contributed by atoms with Crippen LogP contribution in [-0.4, -0.2) is 69.0 Å². The van der Waals surface area contributed by atoms with Gasteiger partial charge in [-0.1, -0.05) is 35.3 Å². The first-order valence-corrected chi connectivity index (χ1v) is 15.1. The van der Waals surface area contributed by atoms with E-state index >= 15 is 0 Å². The van der Waals surface area contributed by atoms with Gasteiger partial charge in [0.25, 0.3) is 12.4 Å². The summed E-state index contributed by atoms with van der Waals surface area (Å²) in [7, 11) is 3.24. The van der Waals surface area contributed by atoms with Crippen molar-refractivity contribution in [2.45, 2.75) is 31.8 Å². The van der Waals surface area contributed by atoms with E-state index in [2.05, 4.69) is 5.32 Å². The monoisotopic (exact) mass is 660 g/mol. The lowest BCUT2D eigenvalue weighted by molar-refractivity contribution is -0.128. The molecule has 1 saturated carbocycles. The second-order valence-electron chi connectivity index (χ2n) is 10.3. The molecule has 0 atom stereocenters. The summed E-state index contributed by atoms with van der Waals surface area (Å²) < 4.78 is 35.7. The Kier molecular flexibility index (Phi) is 12.3. The molecular formula is C33H35Cl2FN2O7. The number of amides is 1. The molecule has 1 aliphatic carbocycles. The molecule has 1 heterocycles. The van der Waals surface area contributed by atoms with Crippen molar-refractivity contribution in [2.24, 2.45) is 0 Å². The van der Waals surface area contributed by atoms with Crippen LogP contribution >= 0.6 is 23.2 Å². The van der Waals surface area contributed by atoms with Gasteiger partial charge in [0.05, 0.1) is 24.3 Å². The lowest BCUT2D eigenvalue weighted by Gasteiger charge is -2.28. The Balaban J connectivity index is 0.00000148. The predicted molar refractivity (Wildman–Crippen MR) is 170 cm³/mol. The van der Waals surface area contributed by atoms with Gasteiger partial charge in [0, 0.05) is 30.8 Å². The van der Waals surface area contributed by atoms with E-state index in [-0.39, 0.29) is 47.4 Å². The average Bonchev–Trinajstić information content (AvgIpc) is 3.88. The van der Waals surface area contributed by atoms with Crippen LogP contribution in [0.2, 0.25) is 10.0 Å². The molecule has 1 aliphatic heterocycles. The van der Waals surface area contributed by atoms with E-state index in [1.807, 2.05) is 47.4 Å². The Morgan fingerprint density at radius 2 is 1.58 bits per heavy atom.